The van der Waals surface area contributed by atoms with Gasteiger partial charge in [0.15, 0.2) is 5.60 Å². The topological polar surface area (TPSA) is 29.5 Å². The van der Waals surface area contributed by atoms with Gasteiger partial charge < -0.3 is 9.64 Å². The molecular weight excluding hydrogens is 190 g/mol. The van der Waals surface area contributed by atoms with Gasteiger partial charge in [0, 0.05) is 6.54 Å². The monoisotopic (exact) mass is 205 g/mol. The van der Waals surface area contributed by atoms with Crippen LogP contribution in [0.1, 0.15) is 20.8 Å². The maximum Gasteiger partial charge on any atom is 0.270 e. The SMILES string of the molecule is CCN1C(=O)C(C)(C)Oc2ccccc21. The Morgan fingerprint density at radius 1 is 1.33 bits per heavy atom. The average molecular weight is 205 g/mol. The Labute approximate surface area is 89.7 Å². The van der Waals surface area contributed by atoms with E-state index in [4.69, 9.17) is 4.74 Å². The molecule has 0 unspecified atom stereocenters. The molecule has 0 atom stereocenters. The average Bonchev–Trinajstić information content (AvgIpc) is 2.19. The Morgan fingerprint density at radius 2 is 2.00 bits per heavy atom. The van der Waals surface area contributed by atoms with Crippen LogP contribution in [0.15, 0.2) is 24.3 Å². The largest absolute Gasteiger partial charge is 0.476 e. The Balaban J connectivity index is 2.53. The predicted octanol–water partition coefficient (Wildman–Crippen LogP) is 2.21. The second-order valence-electron chi connectivity index (χ2n) is 4.13. The highest BCUT2D eigenvalue weighted by Crippen LogP contribution is 2.36. The molecule has 0 saturated heterocycles. The molecule has 1 aromatic carbocycles. The van der Waals surface area contributed by atoms with Gasteiger partial charge in [-0.15, -0.1) is 0 Å². The fourth-order valence-electron chi connectivity index (χ4n) is 1.83. The summed E-state index contributed by atoms with van der Waals surface area (Å²) in [6, 6.07) is 7.63. The van der Waals surface area contributed by atoms with Crippen molar-refractivity contribution < 1.29 is 9.53 Å². The van der Waals surface area contributed by atoms with E-state index in [1.165, 1.54) is 0 Å². The molecule has 1 aromatic rings. The summed E-state index contributed by atoms with van der Waals surface area (Å²) in [5, 5.41) is 0. The number of anilines is 1. The molecule has 3 heteroatoms. The molecule has 0 spiro atoms. The Hall–Kier alpha value is -1.51. The number of hydrogen-bond donors (Lipinski definition) is 0. The molecule has 0 bridgehead atoms. The number of likely N-dealkylation sites (N-methyl/N-ethyl adjacent to an activating group) is 1. The lowest BCUT2D eigenvalue weighted by Gasteiger charge is -2.38. The minimum Gasteiger partial charge on any atom is -0.476 e. The van der Waals surface area contributed by atoms with Crippen molar-refractivity contribution in [1.82, 2.24) is 0 Å². The van der Waals surface area contributed by atoms with E-state index in [0.29, 0.717) is 6.54 Å². The van der Waals surface area contributed by atoms with Crippen LogP contribution >= 0.6 is 0 Å². The lowest BCUT2D eigenvalue weighted by Crippen LogP contribution is -2.52. The predicted molar refractivity (Wildman–Crippen MR) is 59.2 cm³/mol. The maximum atomic E-state index is 12.0. The molecule has 0 fully saturated rings. The maximum absolute atomic E-state index is 12.0. The molecule has 15 heavy (non-hydrogen) atoms. The first-order chi connectivity index (χ1) is 7.06. The third-order valence-corrected chi connectivity index (χ3v) is 2.60. The molecule has 0 aliphatic carbocycles. The summed E-state index contributed by atoms with van der Waals surface area (Å²) < 4.78 is 5.67. The first-order valence-corrected chi connectivity index (χ1v) is 5.16. The van der Waals surface area contributed by atoms with E-state index in [9.17, 15) is 4.79 Å². The van der Waals surface area contributed by atoms with Crippen molar-refractivity contribution in [3.63, 3.8) is 0 Å². The summed E-state index contributed by atoms with van der Waals surface area (Å²) >= 11 is 0. The zero-order chi connectivity index (χ0) is 11.1. The molecule has 1 aliphatic heterocycles. The summed E-state index contributed by atoms with van der Waals surface area (Å²) in [5.74, 6) is 0.799. The van der Waals surface area contributed by atoms with Crippen LogP contribution in [0, 0.1) is 0 Å². The lowest BCUT2D eigenvalue weighted by atomic mass is 10.0. The van der Waals surface area contributed by atoms with Crippen LogP contribution < -0.4 is 9.64 Å². The summed E-state index contributed by atoms with van der Waals surface area (Å²) in [6.45, 7) is 6.24. The number of benzene rings is 1. The highest BCUT2D eigenvalue weighted by atomic mass is 16.5. The van der Waals surface area contributed by atoms with Crippen molar-refractivity contribution in [3.05, 3.63) is 24.3 Å². The van der Waals surface area contributed by atoms with Crippen LogP contribution in [0.2, 0.25) is 0 Å². The molecule has 1 heterocycles. The van der Waals surface area contributed by atoms with E-state index in [-0.39, 0.29) is 5.91 Å². The van der Waals surface area contributed by atoms with Gasteiger partial charge in [-0.25, -0.2) is 0 Å². The number of nitrogens with zero attached hydrogens (tertiary/aromatic N) is 1. The van der Waals surface area contributed by atoms with Gasteiger partial charge in [-0.05, 0) is 32.9 Å². The minimum atomic E-state index is -0.760. The molecule has 0 aromatic heterocycles. The van der Waals surface area contributed by atoms with E-state index in [1.807, 2.05) is 31.2 Å². The molecule has 2 rings (SSSR count). The number of carbonyl (C=O) groups is 1. The van der Waals surface area contributed by atoms with Crippen LogP contribution in [0.5, 0.6) is 5.75 Å². The van der Waals surface area contributed by atoms with Gasteiger partial charge in [-0.2, -0.15) is 0 Å². The first-order valence-electron chi connectivity index (χ1n) is 5.16. The molecule has 1 amide bonds. The minimum absolute atomic E-state index is 0.0173. The number of rotatable bonds is 1. The van der Waals surface area contributed by atoms with Crippen molar-refractivity contribution >= 4 is 11.6 Å². The van der Waals surface area contributed by atoms with E-state index < -0.39 is 5.60 Å². The number of ether oxygens (including phenoxy) is 1. The summed E-state index contributed by atoms with van der Waals surface area (Å²) in [4.78, 5) is 13.8. The zero-order valence-electron chi connectivity index (χ0n) is 9.28. The van der Waals surface area contributed by atoms with E-state index in [1.54, 1.807) is 18.7 Å². The molecule has 1 aliphatic rings. The normalized spacial score (nSPS) is 18.3. The number of fused-ring (bicyclic) bond motifs is 1. The molecule has 0 saturated carbocycles. The smallest absolute Gasteiger partial charge is 0.270 e. The van der Waals surface area contributed by atoms with E-state index >= 15 is 0 Å². The Kier molecular flexibility index (Phi) is 2.18. The second-order valence-corrected chi connectivity index (χ2v) is 4.13. The molecule has 0 N–H and O–H groups in total. The third-order valence-electron chi connectivity index (χ3n) is 2.60. The van der Waals surface area contributed by atoms with Gasteiger partial charge >= 0.3 is 0 Å². The van der Waals surface area contributed by atoms with Crippen molar-refractivity contribution in [3.8, 4) is 5.75 Å². The molecule has 80 valence electrons. The quantitative estimate of drug-likeness (QED) is 0.703. The lowest BCUT2D eigenvalue weighted by molar-refractivity contribution is -0.132. The standard InChI is InChI=1S/C12H15NO2/c1-4-13-9-7-5-6-8-10(9)15-12(2,3)11(13)14/h5-8H,4H2,1-3H3. The fraction of sp³-hybridized carbons (Fsp3) is 0.417. The van der Waals surface area contributed by atoms with Crippen LogP contribution in [0.4, 0.5) is 5.69 Å². The number of carbonyl (C=O) groups excluding carboxylic acids is 1. The highest BCUT2D eigenvalue weighted by molar-refractivity contribution is 6.02. The zero-order valence-corrected chi connectivity index (χ0v) is 9.28. The number of para-hydroxylation sites is 2. The molecule has 3 nitrogen and oxygen atoms in total. The summed E-state index contributed by atoms with van der Waals surface area (Å²) in [5.41, 5.74) is 0.106. The van der Waals surface area contributed by atoms with Gasteiger partial charge in [0.05, 0.1) is 5.69 Å². The number of hydrogen-bond acceptors (Lipinski definition) is 2. The fourth-order valence-corrected chi connectivity index (χ4v) is 1.83. The molecule has 0 radical (unpaired) electrons. The third kappa shape index (κ3) is 1.48. The second kappa shape index (κ2) is 3.26. The van der Waals surface area contributed by atoms with Gasteiger partial charge in [0.1, 0.15) is 5.75 Å². The highest BCUT2D eigenvalue weighted by Gasteiger charge is 2.39. The summed E-state index contributed by atoms with van der Waals surface area (Å²) in [7, 11) is 0. The van der Waals surface area contributed by atoms with Crippen molar-refractivity contribution in [2.24, 2.45) is 0 Å². The van der Waals surface area contributed by atoms with E-state index in [2.05, 4.69) is 0 Å². The first kappa shape index (κ1) is 10.0. The van der Waals surface area contributed by atoms with Crippen molar-refractivity contribution in [2.45, 2.75) is 26.4 Å². The molecular formula is C12H15NO2. The number of amides is 1. The van der Waals surface area contributed by atoms with E-state index in [0.717, 1.165) is 11.4 Å². The van der Waals surface area contributed by atoms with Gasteiger partial charge in [-0.1, -0.05) is 12.1 Å². The van der Waals surface area contributed by atoms with Gasteiger partial charge in [0.2, 0.25) is 0 Å². The van der Waals surface area contributed by atoms with Crippen molar-refractivity contribution in [2.75, 3.05) is 11.4 Å². The van der Waals surface area contributed by atoms with Gasteiger partial charge in [-0.3, -0.25) is 4.79 Å². The summed E-state index contributed by atoms with van der Waals surface area (Å²) in [6.07, 6.45) is 0. The van der Waals surface area contributed by atoms with Crippen molar-refractivity contribution in [1.29, 1.82) is 0 Å². The Morgan fingerprint density at radius 3 is 2.67 bits per heavy atom. The van der Waals surface area contributed by atoms with Crippen LogP contribution in [0.3, 0.4) is 0 Å². The van der Waals surface area contributed by atoms with Crippen LogP contribution in [-0.2, 0) is 4.79 Å². The Bertz CT molecular complexity index is 398. The van der Waals surface area contributed by atoms with Gasteiger partial charge in [0.25, 0.3) is 5.91 Å². The van der Waals surface area contributed by atoms with Crippen LogP contribution in [-0.4, -0.2) is 18.1 Å². The van der Waals surface area contributed by atoms with Crippen LogP contribution in [0.25, 0.3) is 0 Å².